The number of nitrogens with zero attached hydrogens (tertiary/aromatic N) is 2. The smallest absolute Gasteiger partial charge is 0.410 e. The maximum absolute atomic E-state index is 12.5. The summed E-state index contributed by atoms with van der Waals surface area (Å²) in [4.78, 5) is 40.2. The first-order chi connectivity index (χ1) is 13.4. The summed E-state index contributed by atoms with van der Waals surface area (Å²) in [6.07, 6.45) is 1.36. The maximum atomic E-state index is 12.5. The van der Waals surface area contributed by atoms with Crippen molar-refractivity contribution in [2.24, 2.45) is 5.92 Å². The molecule has 0 aromatic heterocycles. The Hall–Kier alpha value is -2.57. The van der Waals surface area contributed by atoms with Crippen molar-refractivity contribution in [1.82, 2.24) is 15.1 Å². The minimum Gasteiger partial charge on any atom is -0.445 e. The van der Waals surface area contributed by atoms with E-state index >= 15 is 0 Å². The number of hydrogen-bond donors (Lipinski definition) is 1. The van der Waals surface area contributed by atoms with E-state index in [2.05, 4.69) is 5.32 Å². The van der Waals surface area contributed by atoms with Crippen molar-refractivity contribution in [3.8, 4) is 0 Å². The van der Waals surface area contributed by atoms with E-state index in [1.807, 2.05) is 44.2 Å². The van der Waals surface area contributed by atoms with Crippen LogP contribution in [0.1, 0.15) is 38.7 Å². The van der Waals surface area contributed by atoms with Crippen molar-refractivity contribution in [2.75, 3.05) is 19.6 Å². The lowest BCUT2D eigenvalue weighted by atomic mass is 10.0. The first-order valence-electron chi connectivity index (χ1n) is 9.99. The second kappa shape index (κ2) is 9.08. The van der Waals surface area contributed by atoms with Crippen molar-refractivity contribution >= 4 is 17.9 Å². The van der Waals surface area contributed by atoms with E-state index in [1.165, 1.54) is 0 Å². The monoisotopic (exact) mass is 387 g/mol. The topological polar surface area (TPSA) is 79.0 Å². The molecule has 0 radical (unpaired) electrons. The molecule has 0 bridgehead atoms. The van der Waals surface area contributed by atoms with Crippen molar-refractivity contribution < 1.29 is 19.1 Å². The first kappa shape index (κ1) is 20.2. The molecule has 1 unspecified atom stereocenters. The molecule has 7 nitrogen and oxygen atoms in total. The minimum atomic E-state index is -0.317. The lowest BCUT2D eigenvalue weighted by Gasteiger charge is -2.32. The molecule has 0 saturated carbocycles. The summed E-state index contributed by atoms with van der Waals surface area (Å²) in [5.74, 6) is -0.281. The summed E-state index contributed by atoms with van der Waals surface area (Å²) in [7, 11) is 0. The summed E-state index contributed by atoms with van der Waals surface area (Å²) in [6, 6.07) is 9.74. The largest absolute Gasteiger partial charge is 0.445 e. The van der Waals surface area contributed by atoms with Crippen LogP contribution >= 0.6 is 0 Å². The second-order valence-electron chi connectivity index (χ2n) is 7.85. The van der Waals surface area contributed by atoms with Crippen LogP contribution < -0.4 is 5.32 Å². The Kier molecular flexibility index (Phi) is 6.54. The number of likely N-dealkylation sites (tertiary alicyclic amines) is 2. The molecule has 2 aliphatic rings. The molecule has 0 aliphatic carbocycles. The number of benzene rings is 1. The fraction of sp³-hybridized carbons (Fsp3) is 0.571. The van der Waals surface area contributed by atoms with E-state index < -0.39 is 0 Å². The molecule has 2 saturated heterocycles. The van der Waals surface area contributed by atoms with Gasteiger partial charge in [-0.2, -0.15) is 0 Å². The predicted octanol–water partition coefficient (Wildman–Crippen LogP) is 2.16. The molecule has 152 valence electrons. The molecule has 1 atom stereocenters. The Bertz CT molecular complexity index is 699. The van der Waals surface area contributed by atoms with Crippen LogP contribution in [0.3, 0.4) is 0 Å². The zero-order valence-electron chi connectivity index (χ0n) is 16.6. The van der Waals surface area contributed by atoms with Gasteiger partial charge in [-0.05, 0) is 32.3 Å². The Labute approximate surface area is 166 Å². The maximum Gasteiger partial charge on any atom is 0.410 e. The molecule has 7 heteroatoms. The van der Waals surface area contributed by atoms with Crippen LogP contribution in [0.25, 0.3) is 0 Å². The summed E-state index contributed by atoms with van der Waals surface area (Å²) in [5.41, 5.74) is 0.958. The highest BCUT2D eigenvalue weighted by atomic mass is 16.6. The number of nitrogens with one attached hydrogen (secondary N) is 1. The van der Waals surface area contributed by atoms with E-state index in [-0.39, 0.29) is 48.9 Å². The SMILES string of the molecule is CC(C)N1CC(C(=O)NC2CCN(C(=O)OCc3ccccc3)CC2)CC1=O. The number of carbonyl (C=O) groups excluding carboxylic acids is 3. The predicted molar refractivity (Wildman–Crippen MR) is 104 cm³/mol. The summed E-state index contributed by atoms with van der Waals surface area (Å²) in [5, 5.41) is 3.06. The van der Waals surface area contributed by atoms with Gasteiger partial charge in [0.05, 0.1) is 5.92 Å². The van der Waals surface area contributed by atoms with E-state index in [0.29, 0.717) is 32.5 Å². The van der Waals surface area contributed by atoms with Gasteiger partial charge in [0, 0.05) is 38.1 Å². The highest BCUT2D eigenvalue weighted by Crippen LogP contribution is 2.21. The Morgan fingerprint density at radius 2 is 1.86 bits per heavy atom. The third-order valence-corrected chi connectivity index (χ3v) is 5.46. The molecule has 1 N–H and O–H groups in total. The first-order valence-corrected chi connectivity index (χ1v) is 9.99. The summed E-state index contributed by atoms with van der Waals surface area (Å²) >= 11 is 0. The Morgan fingerprint density at radius 3 is 2.46 bits per heavy atom. The molecule has 28 heavy (non-hydrogen) atoms. The van der Waals surface area contributed by atoms with E-state index in [4.69, 9.17) is 4.74 Å². The number of hydrogen-bond acceptors (Lipinski definition) is 4. The Balaban J connectivity index is 1.40. The second-order valence-corrected chi connectivity index (χ2v) is 7.85. The van der Waals surface area contributed by atoms with Gasteiger partial charge in [0.15, 0.2) is 0 Å². The van der Waals surface area contributed by atoms with Crippen molar-refractivity contribution in [2.45, 2.75) is 51.8 Å². The summed E-state index contributed by atoms with van der Waals surface area (Å²) < 4.78 is 5.37. The molecule has 1 aromatic rings. The zero-order valence-corrected chi connectivity index (χ0v) is 16.6. The van der Waals surface area contributed by atoms with Gasteiger partial charge in [-0.15, -0.1) is 0 Å². The van der Waals surface area contributed by atoms with Crippen LogP contribution in [0.4, 0.5) is 4.79 Å². The number of carbonyl (C=O) groups is 3. The van der Waals surface area contributed by atoms with Crippen LogP contribution in [0.15, 0.2) is 30.3 Å². The van der Waals surface area contributed by atoms with Gasteiger partial charge in [-0.3, -0.25) is 9.59 Å². The average Bonchev–Trinajstić information content (AvgIpc) is 3.10. The molecule has 3 rings (SSSR count). The van der Waals surface area contributed by atoms with Crippen LogP contribution in [0.5, 0.6) is 0 Å². The molecule has 2 aliphatic heterocycles. The normalized spacial score (nSPS) is 20.5. The van der Waals surface area contributed by atoms with E-state index in [0.717, 1.165) is 5.56 Å². The number of ether oxygens (including phenoxy) is 1. The van der Waals surface area contributed by atoms with Crippen molar-refractivity contribution in [3.63, 3.8) is 0 Å². The minimum absolute atomic E-state index is 0.0360. The lowest BCUT2D eigenvalue weighted by Crippen LogP contribution is -2.48. The standard InChI is InChI=1S/C21H29N3O4/c1-15(2)24-13-17(12-19(24)25)20(26)22-18-8-10-23(11-9-18)21(27)28-14-16-6-4-3-5-7-16/h3-7,15,17-18H,8-14H2,1-2H3,(H,22,26). The van der Waals surface area contributed by atoms with Gasteiger partial charge in [0.2, 0.25) is 11.8 Å². The molecule has 2 fully saturated rings. The van der Waals surface area contributed by atoms with Crippen molar-refractivity contribution in [1.29, 1.82) is 0 Å². The van der Waals surface area contributed by atoms with Gasteiger partial charge in [-0.1, -0.05) is 30.3 Å². The fourth-order valence-electron chi connectivity index (χ4n) is 3.74. The lowest BCUT2D eigenvalue weighted by molar-refractivity contribution is -0.130. The molecule has 3 amide bonds. The van der Waals surface area contributed by atoms with Crippen LogP contribution in [0.2, 0.25) is 0 Å². The number of rotatable bonds is 5. The highest BCUT2D eigenvalue weighted by Gasteiger charge is 2.36. The zero-order chi connectivity index (χ0) is 20.1. The van der Waals surface area contributed by atoms with Crippen LogP contribution in [-0.2, 0) is 20.9 Å². The Morgan fingerprint density at radius 1 is 1.18 bits per heavy atom. The molecule has 2 heterocycles. The van der Waals surface area contributed by atoms with Gasteiger partial charge in [0.1, 0.15) is 6.61 Å². The third-order valence-electron chi connectivity index (χ3n) is 5.46. The van der Waals surface area contributed by atoms with Gasteiger partial charge >= 0.3 is 6.09 Å². The quantitative estimate of drug-likeness (QED) is 0.840. The van der Waals surface area contributed by atoms with Crippen LogP contribution in [-0.4, -0.2) is 59.4 Å². The van der Waals surface area contributed by atoms with E-state index in [9.17, 15) is 14.4 Å². The molecule has 0 spiro atoms. The number of piperidine rings is 1. The molecule has 1 aromatic carbocycles. The van der Waals surface area contributed by atoms with Gasteiger partial charge in [0.25, 0.3) is 0 Å². The van der Waals surface area contributed by atoms with Gasteiger partial charge in [-0.25, -0.2) is 4.79 Å². The van der Waals surface area contributed by atoms with Crippen LogP contribution in [0, 0.1) is 5.92 Å². The third kappa shape index (κ3) is 5.03. The van der Waals surface area contributed by atoms with Crippen molar-refractivity contribution in [3.05, 3.63) is 35.9 Å². The fourth-order valence-corrected chi connectivity index (χ4v) is 3.74. The highest BCUT2D eigenvalue weighted by molar-refractivity contribution is 5.89. The average molecular weight is 387 g/mol. The molecular formula is C21H29N3O4. The summed E-state index contributed by atoms with van der Waals surface area (Å²) in [6.45, 7) is 5.79. The van der Waals surface area contributed by atoms with E-state index in [1.54, 1.807) is 9.80 Å². The molecular weight excluding hydrogens is 358 g/mol. The van der Waals surface area contributed by atoms with Gasteiger partial charge < -0.3 is 19.9 Å². The number of amides is 3.